The highest BCUT2D eigenvalue weighted by Crippen LogP contribution is 2.35. The first-order chi connectivity index (χ1) is 8.80. The maximum Gasteiger partial charge on any atom is 0.252 e. The highest BCUT2D eigenvalue weighted by atomic mass is 19.1. The van der Waals surface area contributed by atoms with Gasteiger partial charge in [-0.2, -0.15) is 0 Å². The fourth-order valence-electron chi connectivity index (χ4n) is 2.05. The normalized spacial score (nSPS) is 19.8. The molecule has 0 spiro atoms. The Morgan fingerprint density at radius 2 is 2.05 bits per heavy atom. The van der Waals surface area contributed by atoms with Gasteiger partial charge in [0.1, 0.15) is 11.6 Å². The maximum absolute atomic E-state index is 13.8. The predicted octanol–water partition coefficient (Wildman–Crippen LogP) is 3.22. The fraction of sp³-hybridized carbons (Fsp3) is 0.500. The number of nitrogens with zero attached hydrogens (tertiary/aromatic N) is 1. The largest absolute Gasteiger partial charge is 0.272 e. The van der Waals surface area contributed by atoms with Gasteiger partial charge in [0.2, 0.25) is 0 Å². The van der Waals surface area contributed by atoms with E-state index in [4.69, 9.17) is 4.84 Å². The van der Waals surface area contributed by atoms with Gasteiger partial charge in [0.05, 0.1) is 12.6 Å². The number of amides is 1. The molecule has 1 heterocycles. The summed E-state index contributed by atoms with van der Waals surface area (Å²) >= 11 is 0. The van der Waals surface area contributed by atoms with E-state index in [0.29, 0.717) is 13.0 Å². The van der Waals surface area contributed by atoms with Crippen molar-refractivity contribution >= 4 is 5.91 Å². The van der Waals surface area contributed by atoms with E-state index in [1.165, 1.54) is 17.2 Å². The quantitative estimate of drug-likeness (QED) is 0.783. The highest BCUT2D eigenvalue weighted by Gasteiger charge is 2.38. The molecule has 1 aromatic rings. The summed E-state index contributed by atoms with van der Waals surface area (Å²) in [6.07, 6.45) is 0.504. The zero-order chi connectivity index (χ0) is 14.2. The molecule has 19 heavy (non-hydrogen) atoms. The predicted molar refractivity (Wildman–Crippen MR) is 66.0 cm³/mol. The van der Waals surface area contributed by atoms with Gasteiger partial charge in [-0.05, 0) is 6.07 Å². The number of halogens is 2. The van der Waals surface area contributed by atoms with E-state index < -0.39 is 23.1 Å². The smallest absolute Gasteiger partial charge is 0.252 e. The Morgan fingerprint density at radius 1 is 1.37 bits per heavy atom. The van der Waals surface area contributed by atoms with Crippen molar-refractivity contribution in [2.45, 2.75) is 33.2 Å². The number of carbonyl (C=O) groups is 1. The minimum Gasteiger partial charge on any atom is -0.272 e. The number of carbonyl (C=O) groups excluding carboxylic acids is 1. The second kappa shape index (κ2) is 4.89. The monoisotopic (exact) mass is 269 g/mol. The Labute approximate surface area is 111 Å². The van der Waals surface area contributed by atoms with E-state index in [2.05, 4.69) is 0 Å². The minimum absolute atomic E-state index is 0.210. The molecular weight excluding hydrogens is 252 g/mol. The SMILES string of the molecule is CC(C)(C)C(=O)N1OCC[C@@H]1c1ccc(F)cc1F. The Hall–Kier alpha value is -1.49. The van der Waals surface area contributed by atoms with Gasteiger partial charge in [0.15, 0.2) is 0 Å². The molecule has 1 saturated heterocycles. The summed E-state index contributed by atoms with van der Waals surface area (Å²) in [6.45, 7) is 5.67. The van der Waals surface area contributed by atoms with E-state index >= 15 is 0 Å². The standard InChI is InChI=1S/C14H17F2NO2/c1-14(2,3)13(18)17-12(6-7-19-17)10-5-4-9(15)8-11(10)16/h4-5,8,12H,6-7H2,1-3H3/t12-/m1/s1. The molecule has 1 atom stereocenters. The lowest BCUT2D eigenvalue weighted by Gasteiger charge is -2.29. The molecule has 2 rings (SSSR count). The Bertz CT molecular complexity index is 497. The molecule has 0 unspecified atom stereocenters. The van der Waals surface area contributed by atoms with Crippen LogP contribution in [-0.2, 0) is 9.63 Å². The molecule has 104 valence electrons. The molecule has 1 fully saturated rings. The van der Waals surface area contributed by atoms with E-state index in [9.17, 15) is 13.6 Å². The molecule has 5 heteroatoms. The number of hydroxylamine groups is 2. The van der Waals surface area contributed by atoms with E-state index in [1.807, 2.05) is 0 Å². The number of hydrogen-bond acceptors (Lipinski definition) is 2. The zero-order valence-electron chi connectivity index (χ0n) is 11.2. The second-order valence-corrected chi connectivity index (χ2v) is 5.68. The van der Waals surface area contributed by atoms with Crippen LogP contribution in [0.25, 0.3) is 0 Å². The van der Waals surface area contributed by atoms with Crippen LogP contribution in [-0.4, -0.2) is 17.6 Å². The van der Waals surface area contributed by atoms with Crippen molar-refractivity contribution < 1.29 is 18.4 Å². The summed E-state index contributed by atoms with van der Waals surface area (Å²) in [6, 6.07) is 2.89. The molecule has 1 aromatic carbocycles. The molecule has 0 N–H and O–H groups in total. The van der Waals surface area contributed by atoms with Crippen LogP contribution in [0.5, 0.6) is 0 Å². The number of benzene rings is 1. The third-order valence-corrected chi connectivity index (χ3v) is 3.07. The van der Waals surface area contributed by atoms with Crippen molar-refractivity contribution in [2.75, 3.05) is 6.61 Å². The van der Waals surface area contributed by atoms with E-state index in [1.54, 1.807) is 20.8 Å². The Balaban J connectivity index is 2.31. The van der Waals surface area contributed by atoms with Crippen LogP contribution < -0.4 is 0 Å². The van der Waals surface area contributed by atoms with Crippen molar-refractivity contribution in [3.8, 4) is 0 Å². The highest BCUT2D eigenvalue weighted by molar-refractivity contribution is 5.81. The first kappa shape index (κ1) is 13.9. The van der Waals surface area contributed by atoms with Crippen molar-refractivity contribution in [2.24, 2.45) is 5.41 Å². The van der Waals surface area contributed by atoms with Crippen molar-refractivity contribution in [1.29, 1.82) is 0 Å². The molecule has 0 aromatic heterocycles. The van der Waals surface area contributed by atoms with Crippen LogP contribution in [0.1, 0.15) is 38.8 Å². The van der Waals surface area contributed by atoms with E-state index in [0.717, 1.165) is 6.07 Å². The van der Waals surface area contributed by atoms with Crippen molar-refractivity contribution in [3.05, 3.63) is 35.4 Å². The van der Waals surface area contributed by atoms with Gasteiger partial charge in [-0.15, -0.1) is 0 Å². The van der Waals surface area contributed by atoms with Crippen molar-refractivity contribution in [3.63, 3.8) is 0 Å². The number of hydrogen-bond donors (Lipinski definition) is 0. The van der Waals surface area contributed by atoms with Crippen LogP contribution in [0, 0.1) is 17.0 Å². The van der Waals surface area contributed by atoms with Crippen LogP contribution in [0.15, 0.2) is 18.2 Å². The van der Waals surface area contributed by atoms with Crippen LogP contribution in [0.2, 0.25) is 0 Å². The average Bonchev–Trinajstić information content (AvgIpc) is 2.75. The molecule has 1 aliphatic heterocycles. The average molecular weight is 269 g/mol. The molecule has 3 nitrogen and oxygen atoms in total. The van der Waals surface area contributed by atoms with Gasteiger partial charge in [-0.25, -0.2) is 13.8 Å². The molecule has 0 radical (unpaired) electrons. The summed E-state index contributed by atoms with van der Waals surface area (Å²) in [4.78, 5) is 17.6. The Morgan fingerprint density at radius 3 is 2.63 bits per heavy atom. The summed E-state index contributed by atoms with van der Waals surface area (Å²) in [5, 5.41) is 1.22. The van der Waals surface area contributed by atoms with Gasteiger partial charge >= 0.3 is 0 Å². The van der Waals surface area contributed by atoms with Crippen molar-refractivity contribution in [1.82, 2.24) is 5.06 Å². The van der Waals surface area contributed by atoms with Gasteiger partial charge in [0.25, 0.3) is 5.91 Å². The molecule has 1 aliphatic rings. The minimum atomic E-state index is -0.651. The summed E-state index contributed by atoms with van der Waals surface area (Å²) < 4.78 is 26.7. The van der Waals surface area contributed by atoms with Gasteiger partial charge in [-0.3, -0.25) is 9.63 Å². The molecule has 0 aliphatic carbocycles. The lowest BCUT2D eigenvalue weighted by atomic mass is 9.94. The first-order valence-corrected chi connectivity index (χ1v) is 6.22. The van der Waals surface area contributed by atoms with Crippen LogP contribution in [0.3, 0.4) is 0 Å². The summed E-state index contributed by atoms with van der Waals surface area (Å²) in [5.41, 5.74) is -0.324. The molecule has 0 bridgehead atoms. The lowest BCUT2D eigenvalue weighted by molar-refractivity contribution is -0.186. The topological polar surface area (TPSA) is 29.5 Å². The third kappa shape index (κ3) is 2.76. The zero-order valence-corrected chi connectivity index (χ0v) is 11.2. The first-order valence-electron chi connectivity index (χ1n) is 6.22. The second-order valence-electron chi connectivity index (χ2n) is 5.68. The van der Waals surface area contributed by atoms with Gasteiger partial charge in [0, 0.05) is 23.5 Å². The molecule has 1 amide bonds. The molecule has 0 saturated carbocycles. The maximum atomic E-state index is 13.8. The molecular formula is C14H17F2NO2. The lowest BCUT2D eigenvalue weighted by Crippen LogP contribution is -2.38. The van der Waals surface area contributed by atoms with Crippen LogP contribution >= 0.6 is 0 Å². The summed E-state index contributed by atoms with van der Waals surface area (Å²) in [5.74, 6) is -1.49. The van der Waals surface area contributed by atoms with E-state index in [-0.39, 0.29) is 11.5 Å². The van der Waals surface area contributed by atoms with Gasteiger partial charge < -0.3 is 0 Å². The number of rotatable bonds is 1. The van der Waals surface area contributed by atoms with Gasteiger partial charge in [-0.1, -0.05) is 26.8 Å². The third-order valence-electron chi connectivity index (χ3n) is 3.07. The van der Waals surface area contributed by atoms with Crippen LogP contribution in [0.4, 0.5) is 8.78 Å². The fourth-order valence-corrected chi connectivity index (χ4v) is 2.05. The Kier molecular flexibility index (Phi) is 3.58. The summed E-state index contributed by atoms with van der Waals surface area (Å²) in [7, 11) is 0.